The van der Waals surface area contributed by atoms with Crippen molar-refractivity contribution < 1.29 is 0 Å². The molecule has 0 radical (unpaired) electrons. The van der Waals surface area contributed by atoms with Crippen LogP contribution in [0.1, 0.15) is 29.8 Å². The van der Waals surface area contributed by atoms with Crippen LogP contribution in [0, 0.1) is 0 Å². The minimum absolute atomic E-state index is 0.179. The topological polar surface area (TPSA) is 42.2 Å². The molecule has 1 aromatic heterocycles. The molecule has 1 heterocycles. The second kappa shape index (κ2) is 6.98. The summed E-state index contributed by atoms with van der Waals surface area (Å²) in [5.74, 6) is 0. The SMILES string of the molecule is CC(c1ccccc1Cl)N(C)Cc1cccnc1C(N)=S. The van der Waals surface area contributed by atoms with Gasteiger partial charge < -0.3 is 5.73 Å². The Bertz CT molecular complexity index is 645. The Kier molecular flexibility index (Phi) is 5.28. The van der Waals surface area contributed by atoms with Gasteiger partial charge in [-0.05, 0) is 37.2 Å². The van der Waals surface area contributed by atoms with E-state index in [2.05, 4.69) is 16.8 Å². The van der Waals surface area contributed by atoms with E-state index in [1.54, 1.807) is 6.20 Å². The summed E-state index contributed by atoms with van der Waals surface area (Å²) in [6.45, 7) is 2.82. The monoisotopic (exact) mass is 319 g/mol. The number of rotatable bonds is 5. The number of hydrogen-bond donors (Lipinski definition) is 1. The average Bonchev–Trinajstić information content (AvgIpc) is 2.47. The number of halogens is 1. The van der Waals surface area contributed by atoms with E-state index in [-0.39, 0.29) is 6.04 Å². The summed E-state index contributed by atoms with van der Waals surface area (Å²) in [5.41, 5.74) is 8.54. The summed E-state index contributed by atoms with van der Waals surface area (Å²) in [7, 11) is 2.05. The summed E-state index contributed by atoms with van der Waals surface area (Å²) in [4.78, 5) is 6.78. The van der Waals surface area contributed by atoms with Gasteiger partial charge in [0.2, 0.25) is 0 Å². The lowest BCUT2D eigenvalue weighted by Gasteiger charge is -2.26. The second-order valence-electron chi connectivity index (χ2n) is 4.99. The molecule has 0 saturated heterocycles. The first kappa shape index (κ1) is 15.9. The molecule has 0 aliphatic rings. The van der Waals surface area contributed by atoms with Crippen molar-refractivity contribution in [2.24, 2.45) is 5.73 Å². The van der Waals surface area contributed by atoms with Crippen LogP contribution in [0.5, 0.6) is 0 Å². The van der Waals surface area contributed by atoms with Crippen LogP contribution in [0.2, 0.25) is 5.02 Å². The molecular formula is C16H18ClN3S. The highest BCUT2D eigenvalue weighted by atomic mass is 35.5. The lowest BCUT2D eigenvalue weighted by Crippen LogP contribution is -2.24. The summed E-state index contributed by atoms with van der Waals surface area (Å²) >= 11 is 11.3. The molecule has 0 spiro atoms. The van der Waals surface area contributed by atoms with E-state index in [9.17, 15) is 0 Å². The molecule has 110 valence electrons. The van der Waals surface area contributed by atoms with Gasteiger partial charge in [0, 0.05) is 23.8 Å². The zero-order chi connectivity index (χ0) is 15.4. The molecule has 2 N–H and O–H groups in total. The van der Waals surface area contributed by atoms with Gasteiger partial charge in [0.25, 0.3) is 0 Å². The zero-order valence-electron chi connectivity index (χ0n) is 12.1. The van der Waals surface area contributed by atoms with Gasteiger partial charge in [-0.3, -0.25) is 9.88 Å². The van der Waals surface area contributed by atoms with Crippen LogP contribution in [0.3, 0.4) is 0 Å². The Morgan fingerprint density at radius 2 is 2.05 bits per heavy atom. The van der Waals surface area contributed by atoms with Crippen LogP contribution in [-0.4, -0.2) is 21.9 Å². The first-order valence-electron chi connectivity index (χ1n) is 6.69. The third-order valence-electron chi connectivity index (χ3n) is 3.56. The lowest BCUT2D eigenvalue weighted by molar-refractivity contribution is 0.253. The fraction of sp³-hybridized carbons (Fsp3) is 0.250. The molecule has 0 saturated carbocycles. The fourth-order valence-electron chi connectivity index (χ4n) is 2.25. The van der Waals surface area contributed by atoms with Crippen LogP contribution >= 0.6 is 23.8 Å². The smallest absolute Gasteiger partial charge is 0.123 e. The highest BCUT2D eigenvalue weighted by molar-refractivity contribution is 7.80. The molecule has 2 aromatic rings. The van der Waals surface area contributed by atoms with Gasteiger partial charge in [0.15, 0.2) is 0 Å². The molecule has 2 rings (SSSR count). The minimum atomic E-state index is 0.179. The molecule has 0 aliphatic carbocycles. The number of nitrogens with two attached hydrogens (primary N) is 1. The van der Waals surface area contributed by atoms with E-state index in [0.717, 1.165) is 16.1 Å². The molecule has 1 unspecified atom stereocenters. The summed E-state index contributed by atoms with van der Waals surface area (Å²) < 4.78 is 0. The van der Waals surface area contributed by atoms with Crippen molar-refractivity contribution in [3.8, 4) is 0 Å². The van der Waals surface area contributed by atoms with Crippen LogP contribution in [0.15, 0.2) is 42.6 Å². The Hall–Kier alpha value is -1.49. The average molecular weight is 320 g/mol. The molecule has 1 aromatic carbocycles. The van der Waals surface area contributed by atoms with E-state index in [1.807, 2.05) is 43.4 Å². The molecule has 21 heavy (non-hydrogen) atoms. The van der Waals surface area contributed by atoms with Gasteiger partial charge in [-0.2, -0.15) is 0 Å². The zero-order valence-corrected chi connectivity index (χ0v) is 13.7. The molecule has 1 atom stereocenters. The van der Waals surface area contributed by atoms with Crippen LogP contribution in [0.4, 0.5) is 0 Å². The van der Waals surface area contributed by atoms with E-state index in [4.69, 9.17) is 29.6 Å². The molecule has 0 amide bonds. The number of aromatic nitrogens is 1. The van der Waals surface area contributed by atoms with Crippen LogP contribution < -0.4 is 5.73 Å². The van der Waals surface area contributed by atoms with Crippen molar-refractivity contribution in [1.82, 2.24) is 9.88 Å². The number of pyridine rings is 1. The quantitative estimate of drug-likeness (QED) is 0.856. The van der Waals surface area contributed by atoms with Crippen molar-refractivity contribution in [3.05, 3.63) is 64.4 Å². The van der Waals surface area contributed by atoms with Gasteiger partial charge in [-0.1, -0.05) is 48.1 Å². The van der Waals surface area contributed by atoms with E-state index in [0.29, 0.717) is 17.2 Å². The first-order valence-corrected chi connectivity index (χ1v) is 7.47. The van der Waals surface area contributed by atoms with Gasteiger partial charge in [0.1, 0.15) is 10.7 Å². The Morgan fingerprint density at radius 1 is 1.33 bits per heavy atom. The molecule has 3 nitrogen and oxygen atoms in total. The molecule has 0 bridgehead atoms. The predicted molar refractivity (Wildman–Crippen MR) is 91.5 cm³/mol. The van der Waals surface area contributed by atoms with Crippen molar-refractivity contribution in [3.63, 3.8) is 0 Å². The van der Waals surface area contributed by atoms with E-state index >= 15 is 0 Å². The Balaban J connectivity index is 2.20. The third-order valence-corrected chi connectivity index (χ3v) is 4.10. The van der Waals surface area contributed by atoms with Crippen molar-refractivity contribution >= 4 is 28.8 Å². The molecule has 5 heteroatoms. The number of nitrogens with zero attached hydrogens (tertiary/aromatic N) is 2. The van der Waals surface area contributed by atoms with Crippen molar-refractivity contribution in [1.29, 1.82) is 0 Å². The highest BCUT2D eigenvalue weighted by Gasteiger charge is 2.16. The number of thiocarbonyl (C=S) groups is 1. The van der Waals surface area contributed by atoms with Gasteiger partial charge in [-0.25, -0.2) is 0 Å². The summed E-state index contributed by atoms with van der Waals surface area (Å²) in [5, 5.41) is 0.776. The largest absolute Gasteiger partial charge is 0.388 e. The van der Waals surface area contributed by atoms with Gasteiger partial charge in [0.05, 0.1) is 0 Å². The molecule has 0 aliphatic heterocycles. The van der Waals surface area contributed by atoms with Gasteiger partial charge in [-0.15, -0.1) is 0 Å². The molecular weight excluding hydrogens is 302 g/mol. The van der Waals surface area contributed by atoms with Gasteiger partial charge >= 0.3 is 0 Å². The highest BCUT2D eigenvalue weighted by Crippen LogP contribution is 2.27. The minimum Gasteiger partial charge on any atom is -0.388 e. The standard InChI is InChI=1S/C16H18ClN3S/c1-11(13-7-3-4-8-14(13)17)20(2)10-12-6-5-9-19-15(12)16(18)21/h3-9,11H,10H2,1-2H3,(H2,18,21). The Labute approximate surface area is 135 Å². The third kappa shape index (κ3) is 3.79. The maximum Gasteiger partial charge on any atom is 0.123 e. The first-order chi connectivity index (χ1) is 10.0. The molecule has 0 fully saturated rings. The van der Waals surface area contributed by atoms with E-state index < -0.39 is 0 Å². The Morgan fingerprint density at radius 3 is 2.71 bits per heavy atom. The lowest BCUT2D eigenvalue weighted by atomic mass is 10.1. The summed E-state index contributed by atoms with van der Waals surface area (Å²) in [6.07, 6.45) is 1.70. The van der Waals surface area contributed by atoms with Crippen molar-refractivity contribution in [2.75, 3.05) is 7.05 Å². The van der Waals surface area contributed by atoms with Crippen LogP contribution in [-0.2, 0) is 6.54 Å². The number of hydrogen-bond acceptors (Lipinski definition) is 3. The summed E-state index contributed by atoms with van der Waals surface area (Å²) in [6, 6.07) is 12.0. The maximum absolute atomic E-state index is 6.27. The van der Waals surface area contributed by atoms with E-state index in [1.165, 1.54) is 0 Å². The van der Waals surface area contributed by atoms with Crippen LogP contribution in [0.25, 0.3) is 0 Å². The second-order valence-corrected chi connectivity index (χ2v) is 5.84. The fourth-order valence-corrected chi connectivity index (χ4v) is 2.72. The number of benzene rings is 1. The van der Waals surface area contributed by atoms with Crippen molar-refractivity contribution in [2.45, 2.75) is 19.5 Å². The maximum atomic E-state index is 6.27. The predicted octanol–water partition coefficient (Wildman–Crippen LogP) is 3.56. The normalized spacial score (nSPS) is 12.4.